The van der Waals surface area contributed by atoms with Crippen molar-refractivity contribution in [2.24, 2.45) is 35.0 Å². The first-order valence-corrected chi connectivity index (χ1v) is 11.6. The Morgan fingerprint density at radius 1 is 1.12 bits per heavy atom. The third-order valence-corrected chi connectivity index (χ3v) is 8.69. The van der Waals surface area contributed by atoms with Crippen LogP contribution >= 0.6 is 0 Å². The Kier molecular flexibility index (Phi) is 5.39. The summed E-state index contributed by atoms with van der Waals surface area (Å²) in [7, 11) is 0. The SMILES string of the molecule is CC(C)CCCC[C@H]1CCC2C3CC=C4CC(O)CC=C4C3CCC21C. The van der Waals surface area contributed by atoms with Crippen LogP contribution in [0.1, 0.15) is 91.4 Å². The number of aliphatic hydroxyl groups is 1. The van der Waals surface area contributed by atoms with Gasteiger partial charge in [-0.3, -0.25) is 0 Å². The molecule has 0 aromatic rings. The van der Waals surface area contributed by atoms with Crippen LogP contribution in [0.2, 0.25) is 0 Å². The Labute approximate surface area is 161 Å². The smallest absolute Gasteiger partial charge is 0.0615 e. The van der Waals surface area contributed by atoms with E-state index in [1.807, 2.05) is 0 Å². The highest BCUT2D eigenvalue weighted by atomic mass is 16.3. The molecule has 4 rings (SSSR count). The molecule has 0 radical (unpaired) electrons. The minimum absolute atomic E-state index is 0.128. The van der Waals surface area contributed by atoms with E-state index in [2.05, 4.69) is 32.9 Å². The summed E-state index contributed by atoms with van der Waals surface area (Å²) in [5.74, 6) is 4.48. The van der Waals surface area contributed by atoms with E-state index < -0.39 is 0 Å². The molecule has 2 fully saturated rings. The third-order valence-electron chi connectivity index (χ3n) is 8.69. The van der Waals surface area contributed by atoms with Crippen LogP contribution in [-0.4, -0.2) is 11.2 Å². The van der Waals surface area contributed by atoms with E-state index in [4.69, 9.17) is 0 Å². The molecule has 0 spiro atoms. The first kappa shape index (κ1) is 18.8. The summed E-state index contributed by atoms with van der Waals surface area (Å²) < 4.78 is 0. The number of rotatable bonds is 5. The van der Waals surface area contributed by atoms with Crippen LogP contribution < -0.4 is 0 Å². The maximum absolute atomic E-state index is 10.0. The summed E-state index contributed by atoms with van der Waals surface area (Å²) >= 11 is 0. The molecule has 1 N–H and O–H groups in total. The van der Waals surface area contributed by atoms with E-state index in [9.17, 15) is 5.11 Å². The van der Waals surface area contributed by atoms with E-state index in [-0.39, 0.29) is 6.10 Å². The molecule has 0 amide bonds. The monoisotopic (exact) mass is 356 g/mol. The summed E-state index contributed by atoms with van der Waals surface area (Å²) in [4.78, 5) is 0. The Hall–Kier alpha value is -0.560. The first-order valence-electron chi connectivity index (χ1n) is 11.6. The van der Waals surface area contributed by atoms with Crippen molar-refractivity contribution in [3.05, 3.63) is 23.3 Å². The summed E-state index contributed by atoms with van der Waals surface area (Å²) in [6.45, 7) is 7.38. The molecule has 4 aliphatic rings. The van der Waals surface area contributed by atoms with Gasteiger partial charge in [-0.05, 0) is 97.5 Å². The quantitative estimate of drug-likeness (QED) is 0.545. The molecule has 0 bridgehead atoms. The van der Waals surface area contributed by atoms with Crippen molar-refractivity contribution < 1.29 is 5.11 Å². The highest BCUT2D eigenvalue weighted by Gasteiger charge is 2.54. The molecule has 1 heteroatoms. The van der Waals surface area contributed by atoms with Crippen molar-refractivity contribution in [1.29, 1.82) is 0 Å². The molecule has 0 aromatic heterocycles. The number of allylic oxidation sites excluding steroid dienone is 2. The first-order chi connectivity index (χ1) is 12.5. The Morgan fingerprint density at radius 2 is 1.96 bits per heavy atom. The second kappa shape index (κ2) is 7.46. The van der Waals surface area contributed by atoms with Gasteiger partial charge in [-0.2, -0.15) is 0 Å². The minimum atomic E-state index is -0.128. The lowest BCUT2D eigenvalue weighted by Gasteiger charge is -2.51. The molecule has 5 unspecified atom stereocenters. The van der Waals surface area contributed by atoms with Gasteiger partial charge in [-0.25, -0.2) is 0 Å². The molecule has 2 saturated carbocycles. The zero-order valence-electron chi connectivity index (χ0n) is 17.3. The molecule has 26 heavy (non-hydrogen) atoms. The lowest BCUT2D eigenvalue weighted by atomic mass is 9.53. The Morgan fingerprint density at radius 3 is 2.77 bits per heavy atom. The molecular weight excluding hydrogens is 316 g/mol. The molecular formula is C25H40O. The highest BCUT2D eigenvalue weighted by Crippen LogP contribution is 2.63. The fourth-order valence-corrected chi connectivity index (χ4v) is 7.25. The summed E-state index contributed by atoms with van der Waals surface area (Å²) in [5.41, 5.74) is 3.75. The molecule has 0 aliphatic heterocycles. The van der Waals surface area contributed by atoms with E-state index >= 15 is 0 Å². The maximum atomic E-state index is 10.0. The topological polar surface area (TPSA) is 20.2 Å². The number of aliphatic hydroxyl groups excluding tert-OH is 1. The number of fused-ring (bicyclic) bond motifs is 5. The van der Waals surface area contributed by atoms with Crippen LogP contribution in [0, 0.1) is 35.0 Å². The van der Waals surface area contributed by atoms with E-state index in [1.165, 1.54) is 63.4 Å². The Bertz CT molecular complexity index is 571. The van der Waals surface area contributed by atoms with Crippen LogP contribution in [0.15, 0.2) is 23.3 Å². The van der Waals surface area contributed by atoms with Crippen LogP contribution in [0.5, 0.6) is 0 Å². The fourth-order valence-electron chi connectivity index (χ4n) is 7.25. The van der Waals surface area contributed by atoms with Crippen molar-refractivity contribution >= 4 is 0 Å². The normalized spacial score (nSPS) is 42.0. The average Bonchev–Trinajstić information content (AvgIpc) is 2.94. The Balaban J connectivity index is 1.43. The highest BCUT2D eigenvalue weighted by molar-refractivity contribution is 5.40. The van der Waals surface area contributed by atoms with E-state index in [1.54, 1.807) is 5.57 Å². The predicted molar refractivity (Wildman–Crippen MR) is 110 cm³/mol. The van der Waals surface area contributed by atoms with Gasteiger partial charge in [0.15, 0.2) is 0 Å². The van der Waals surface area contributed by atoms with Gasteiger partial charge in [0.1, 0.15) is 0 Å². The molecule has 146 valence electrons. The van der Waals surface area contributed by atoms with Crippen LogP contribution in [-0.2, 0) is 0 Å². The maximum Gasteiger partial charge on any atom is 0.0615 e. The van der Waals surface area contributed by atoms with Gasteiger partial charge in [0.05, 0.1) is 6.10 Å². The molecule has 0 aromatic carbocycles. The van der Waals surface area contributed by atoms with Gasteiger partial charge in [0, 0.05) is 0 Å². The van der Waals surface area contributed by atoms with E-state index in [0.29, 0.717) is 5.41 Å². The van der Waals surface area contributed by atoms with Crippen LogP contribution in [0.25, 0.3) is 0 Å². The van der Waals surface area contributed by atoms with Crippen LogP contribution in [0.3, 0.4) is 0 Å². The molecule has 0 heterocycles. The fraction of sp³-hybridized carbons (Fsp3) is 0.840. The largest absolute Gasteiger partial charge is 0.392 e. The summed E-state index contributed by atoms with van der Waals surface area (Å²) in [5, 5.41) is 10.0. The third kappa shape index (κ3) is 3.34. The summed E-state index contributed by atoms with van der Waals surface area (Å²) in [6, 6.07) is 0. The number of unbranched alkanes of at least 4 members (excludes halogenated alkanes) is 1. The van der Waals surface area contributed by atoms with Crippen molar-refractivity contribution in [3.8, 4) is 0 Å². The van der Waals surface area contributed by atoms with Crippen molar-refractivity contribution in [2.45, 2.75) is 97.5 Å². The zero-order chi connectivity index (χ0) is 18.3. The average molecular weight is 357 g/mol. The lowest BCUT2D eigenvalue weighted by molar-refractivity contribution is 0.0185. The molecule has 1 nitrogen and oxygen atoms in total. The van der Waals surface area contributed by atoms with Crippen LogP contribution in [0.4, 0.5) is 0 Å². The number of hydrogen-bond acceptors (Lipinski definition) is 1. The lowest BCUT2D eigenvalue weighted by Crippen LogP contribution is -2.43. The van der Waals surface area contributed by atoms with Crippen molar-refractivity contribution in [1.82, 2.24) is 0 Å². The van der Waals surface area contributed by atoms with Crippen molar-refractivity contribution in [3.63, 3.8) is 0 Å². The van der Waals surface area contributed by atoms with Gasteiger partial charge in [0.2, 0.25) is 0 Å². The van der Waals surface area contributed by atoms with Gasteiger partial charge in [-0.15, -0.1) is 0 Å². The van der Waals surface area contributed by atoms with Gasteiger partial charge < -0.3 is 5.11 Å². The standard InChI is InChI=1S/C25H40O/c1-17(2)6-4-5-7-19-9-13-24-23-11-8-18-16-20(26)10-12-21(18)22(23)14-15-25(19,24)3/h8,12,17,19-20,22-24,26H,4-7,9-11,13-16H2,1-3H3/t19-,20?,22?,23?,24?,25?/m0/s1. The van der Waals surface area contributed by atoms with Gasteiger partial charge >= 0.3 is 0 Å². The van der Waals surface area contributed by atoms with Gasteiger partial charge in [-0.1, -0.05) is 52.2 Å². The van der Waals surface area contributed by atoms with Gasteiger partial charge in [0.25, 0.3) is 0 Å². The van der Waals surface area contributed by atoms with E-state index in [0.717, 1.165) is 42.4 Å². The zero-order valence-corrected chi connectivity index (χ0v) is 17.3. The minimum Gasteiger partial charge on any atom is -0.392 e. The molecule has 0 saturated heterocycles. The summed E-state index contributed by atoms with van der Waals surface area (Å²) in [6.07, 6.45) is 19.4. The molecule has 4 aliphatic carbocycles. The predicted octanol–water partition coefficient (Wildman–Crippen LogP) is 6.67. The number of hydrogen-bond donors (Lipinski definition) is 1. The van der Waals surface area contributed by atoms with Crippen molar-refractivity contribution in [2.75, 3.05) is 0 Å². The second-order valence-electron chi connectivity index (χ2n) is 10.6. The second-order valence-corrected chi connectivity index (χ2v) is 10.6. The molecule has 6 atom stereocenters.